The Morgan fingerprint density at radius 2 is 2.23 bits per heavy atom. The van der Waals surface area contributed by atoms with Gasteiger partial charge < -0.3 is 20.4 Å². The Balaban J connectivity index is 1.64. The number of halogens is 1. The molecule has 2 aromatic heterocycles. The molecule has 1 fully saturated rings. The third-order valence-electron chi connectivity index (χ3n) is 5.46. The van der Waals surface area contributed by atoms with Crippen LogP contribution in [0, 0.1) is 12.7 Å². The summed E-state index contributed by atoms with van der Waals surface area (Å²) in [5.74, 6) is 0.00498. The number of rotatable bonds is 6. The number of aryl methyl sites for hydroxylation is 1. The van der Waals surface area contributed by atoms with Gasteiger partial charge in [-0.1, -0.05) is 6.07 Å². The lowest BCUT2D eigenvalue weighted by Gasteiger charge is -2.27. The van der Waals surface area contributed by atoms with Gasteiger partial charge in [-0.15, -0.1) is 0 Å². The predicted molar refractivity (Wildman–Crippen MR) is 109 cm³/mol. The lowest BCUT2D eigenvalue weighted by Crippen LogP contribution is -2.33. The van der Waals surface area contributed by atoms with Crippen molar-refractivity contribution in [2.45, 2.75) is 31.9 Å². The molecule has 1 saturated heterocycles. The van der Waals surface area contributed by atoms with E-state index in [4.69, 9.17) is 5.11 Å². The molecule has 0 bridgehead atoms. The average molecular weight is 413 g/mol. The number of carbonyl (C=O) groups excluding carboxylic acids is 1. The van der Waals surface area contributed by atoms with Crippen LogP contribution in [0.5, 0.6) is 0 Å². The first-order valence-corrected chi connectivity index (χ1v) is 9.92. The van der Waals surface area contributed by atoms with Crippen molar-refractivity contribution < 1.29 is 19.4 Å². The van der Waals surface area contributed by atoms with Crippen LogP contribution in [0.25, 0.3) is 5.65 Å². The third kappa shape index (κ3) is 3.86. The predicted octanol–water partition coefficient (Wildman–Crippen LogP) is 1.60. The zero-order chi connectivity index (χ0) is 21.3. The second-order valence-corrected chi connectivity index (χ2v) is 7.51. The van der Waals surface area contributed by atoms with E-state index in [1.165, 1.54) is 16.8 Å². The fraction of sp³-hybridized carbons (Fsp3) is 0.381. The molecule has 3 aromatic rings. The highest BCUT2D eigenvalue weighted by Crippen LogP contribution is 2.37. The second kappa shape index (κ2) is 8.37. The van der Waals surface area contributed by atoms with E-state index < -0.39 is 18.6 Å². The Morgan fingerprint density at radius 1 is 1.40 bits per heavy atom. The van der Waals surface area contributed by atoms with E-state index in [2.05, 4.69) is 20.3 Å². The summed E-state index contributed by atoms with van der Waals surface area (Å²) in [6.45, 7) is 2.25. The molecule has 8 nitrogen and oxygen atoms in total. The van der Waals surface area contributed by atoms with E-state index in [-0.39, 0.29) is 24.0 Å². The van der Waals surface area contributed by atoms with E-state index in [0.717, 1.165) is 30.5 Å². The standard InChI is InChI=1S/C21H24FN5O3/c1-13-4-5-14(22)9-16(13)18-3-2-7-26(18)19-6-8-27-20(25-19)17(11-24-27)21(30)23-10-15(29)12-28/h4-6,8-9,11,15,18,28-29H,2-3,7,10,12H2,1H3,(H,23,30)/t15?,18-/m1/s1. The number of aliphatic hydroxyl groups excluding tert-OH is 2. The van der Waals surface area contributed by atoms with Gasteiger partial charge in [0.1, 0.15) is 17.2 Å². The maximum Gasteiger partial charge on any atom is 0.256 e. The SMILES string of the molecule is Cc1ccc(F)cc1[C@H]1CCCN1c1ccn2ncc(C(=O)NCC(O)CO)c2n1. The number of aliphatic hydroxyl groups is 2. The van der Waals surface area contributed by atoms with Gasteiger partial charge in [-0.3, -0.25) is 4.79 Å². The van der Waals surface area contributed by atoms with Crippen molar-refractivity contribution in [1.29, 1.82) is 0 Å². The summed E-state index contributed by atoms with van der Waals surface area (Å²) in [5.41, 5.74) is 2.64. The Bertz CT molecular complexity index is 1070. The molecule has 1 aliphatic rings. The van der Waals surface area contributed by atoms with Crippen molar-refractivity contribution in [3.05, 3.63) is 59.2 Å². The first kappa shape index (κ1) is 20.2. The van der Waals surface area contributed by atoms with E-state index in [1.807, 2.05) is 13.0 Å². The monoisotopic (exact) mass is 413 g/mol. The average Bonchev–Trinajstić information content (AvgIpc) is 3.40. The van der Waals surface area contributed by atoms with Crippen LogP contribution < -0.4 is 10.2 Å². The van der Waals surface area contributed by atoms with Crippen LogP contribution in [0.15, 0.2) is 36.7 Å². The quantitative estimate of drug-likeness (QED) is 0.567. The number of hydrogen-bond donors (Lipinski definition) is 3. The number of aromatic nitrogens is 3. The molecule has 0 radical (unpaired) electrons. The zero-order valence-electron chi connectivity index (χ0n) is 16.6. The minimum Gasteiger partial charge on any atom is -0.394 e. The fourth-order valence-electron chi connectivity index (χ4n) is 3.88. The zero-order valence-corrected chi connectivity index (χ0v) is 16.6. The maximum atomic E-state index is 13.9. The molecule has 0 spiro atoms. The van der Waals surface area contributed by atoms with Crippen molar-refractivity contribution in [3.8, 4) is 0 Å². The molecule has 1 aromatic carbocycles. The molecule has 2 atom stereocenters. The van der Waals surface area contributed by atoms with E-state index in [0.29, 0.717) is 11.5 Å². The first-order chi connectivity index (χ1) is 14.5. The molecule has 158 valence electrons. The van der Waals surface area contributed by atoms with Gasteiger partial charge in [-0.05, 0) is 49.1 Å². The van der Waals surface area contributed by atoms with Crippen molar-refractivity contribution in [2.75, 3.05) is 24.6 Å². The Labute approximate surface area is 173 Å². The van der Waals surface area contributed by atoms with E-state index >= 15 is 0 Å². The second-order valence-electron chi connectivity index (χ2n) is 7.51. The van der Waals surface area contributed by atoms with Crippen molar-refractivity contribution >= 4 is 17.4 Å². The maximum absolute atomic E-state index is 13.9. The summed E-state index contributed by atoms with van der Waals surface area (Å²) in [4.78, 5) is 19.3. The number of nitrogens with one attached hydrogen (secondary N) is 1. The summed E-state index contributed by atoms with van der Waals surface area (Å²) in [6.07, 6.45) is 3.98. The smallest absolute Gasteiger partial charge is 0.256 e. The van der Waals surface area contributed by atoms with Crippen LogP contribution >= 0.6 is 0 Å². The minimum atomic E-state index is -1.03. The molecule has 9 heteroatoms. The number of carbonyl (C=O) groups is 1. The lowest BCUT2D eigenvalue weighted by molar-refractivity contribution is 0.0803. The fourth-order valence-corrected chi connectivity index (χ4v) is 3.88. The number of anilines is 1. The highest BCUT2D eigenvalue weighted by Gasteiger charge is 2.29. The highest BCUT2D eigenvalue weighted by atomic mass is 19.1. The molecule has 3 N–H and O–H groups in total. The summed E-state index contributed by atoms with van der Waals surface area (Å²) in [5, 5.41) is 25.1. The van der Waals surface area contributed by atoms with Crippen LogP contribution in [0.4, 0.5) is 10.2 Å². The third-order valence-corrected chi connectivity index (χ3v) is 5.46. The van der Waals surface area contributed by atoms with Crippen LogP contribution in [0.1, 0.15) is 40.4 Å². The van der Waals surface area contributed by atoms with Gasteiger partial charge in [0.05, 0.1) is 24.9 Å². The molecule has 4 rings (SSSR count). The van der Waals surface area contributed by atoms with E-state index in [1.54, 1.807) is 18.3 Å². The van der Waals surface area contributed by atoms with Crippen LogP contribution in [0.2, 0.25) is 0 Å². The van der Waals surface area contributed by atoms with Gasteiger partial charge in [0.2, 0.25) is 0 Å². The number of fused-ring (bicyclic) bond motifs is 1. The van der Waals surface area contributed by atoms with Crippen molar-refractivity contribution in [3.63, 3.8) is 0 Å². The van der Waals surface area contributed by atoms with Gasteiger partial charge >= 0.3 is 0 Å². The summed E-state index contributed by atoms with van der Waals surface area (Å²) in [7, 11) is 0. The van der Waals surface area contributed by atoms with Gasteiger partial charge in [0.25, 0.3) is 5.91 Å². The molecule has 3 heterocycles. The van der Waals surface area contributed by atoms with Gasteiger partial charge in [0.15, 0.2) is 5.65 Å². The Kier molecular flexibility index (Phi) is 5.65. The lowest BCUT2D eigenvalue weighted by atomic mass is 9.99. The van der Waals surface area contributed by atoms with Crippen LogP contribution in [-0.4, -0.2) is 56.5 Å². The van der Waals surface area contributed by atoms with Crippen LogP contribution in [0.3, 0.4) is 0 Å². The number of benzene rings is 1. The van der Waals surface area contributed by atoms with Crippen LogP contribution in [-0.2, 0) is 0 Å². The van der Waals surface area contributed by atoms with E-state index in [9.17, 15) is 14.3 Å². The largest absolute Gasteiger partial charge is 0.394 e. The molecule has 1 unspecified atom stereocenters. The molecular formula is C21H24FN5O3. The molecule has 0 saturated carbocycles. The summed E-state index contributed by atoms with van der Waals surface area (Å²) < 4.78 is 15.4. The highest BCUT2D eigenvalue weighted by molar-refractivity contribution is 5.99. The molecule has 0 aliphatic carbocycles. The van der Waals surface area contributed by atoms with Gasteiger partial charge in [-0.2, -0.15) is 5.10 Å². The molecular weight excluding hydrogens is 389 g/mol. The number of nitrogens with zero attached hydrogens (tertiary/aromatic N) is 4. The summed E-state index contributed by atoms with van der Waals surface area (Å²) in [6, 6.07) is 6.69. The van der Waals surface area contributed by atoms with Crippen molar-refractivity contribution in [2.24, 2.45) is 0 Å². The topological polar surface area (TPSA) is 103 Å². The normalized spacial score (nSPS) is 17.5. The van der Waals surface area contributed by atoms with Gasteiger partial charge in [-0.25, -0.2) is 13.9 Å². The number of amides is 1. The molecule has 30 heavy (non-hydrogen) atoms. The summed E-state index contributed by atoms with van der Waals surface area (Å²) >= 11 is 0. The van der Waals surface area contributed by atoms with Gasteiger partial charge in [0, 0.05) is 19.3 Å². The van der Waals surface area contributed by atoms with Crippen molar-refractivity contribution in [1.82, 2.24) is 19.9 Å². The first-order valence-electron chi connectivity index (χ1n) is 9.92. The Hall–Kier alpha value is -3.04. The molecule has 1 amide bonds. The minimum absolute atomic E-state index is 0.00977. The molecule has 1 aliphatic heterocycles. The Morgan fingerprint density at radius 3 is 3.03 bits per heavy atom. The number of hydrogen-bond acceptors (Lipinski definition) is 6.